The largest absolute Gasteiger partial charge is 0.324 e. The van der Waals surface area contributed by atoms with Crippen LogP contribution >= 0.6 is 31.9 Å². The van der Waals surface area contributed by atoms with E-state index in [1.54, 1.807) is 12.3 Å². The average molecular weight is 400 g/mol. The number of para-hydroxylation sites is 1. The van der Waals surface area contributed by atoms with E-state index in [0.717, 1.165) is 15.7 Å². The van der Waals surface area contributed by atoms with E-state index in [4.69, 9.17) is 0 Å². The van der Waals surface area contributed by atoms with Crippen LogP contribution in [0.25, 0.3) is 0 Å². The second-order valence-electron chi connectivity index (χ2n) is 4.30. The summed E-state index contributed by atoms with van der Waals surface area (Å²) in [5, 5.41) is 2.80. The smallest absolute Gasteiger partial charge is 0.265 e. The number of hydrogen-bond donors (Lipinski definition) is 1. The maximum absolute atomic E-state index is 12.0. The molecule has 0 radical (unpaired) electrons. The monoisotopic (exact) mass is 398 g/mol. The lowest BCUT2D eigenvalue weighted by Gasteiger charge is -2.10. The van der Waals surface area contributed by atoms with Crippen LogP contribution in [0.15, 0.2) is 50.3 Å². The molecule has 1 heterocycles. The van der Waals surface area contributed by atoms with Gasteiger partial charge in [-0.2, -0.15) is 0 Å². The number of carbonyl (C=O) groups excluding carboxylic acids is 1. The van der Waals surface area contributed by atoms with Gasteiger partial charge in [0, 0.05) is 16.4 Å². The van der Waals surface area contributed by atoms with Crippen molar-refractivity contribution >= 4 is 43.5 Å². The molecule has 20 heavy (non-hydrogen) atoms. The Morgan fingerprint density at radius 3 is 2.70 bits per heavy atom. The lowest BCUT2D eigenvalue weighted by molar-refractivity contribution is -0.116. The van der Waals surface area contributed by atoms with E-state index in [1.165, 1.54) is 4.57 Å². The summed E-state index contributed by atoms with van der Waals surface area (Å²) in [6, 6.07) is 9.15. The van der Waals surface area contributed by atoms with Crippen LogP contribution in [-0.2, 0) is 11.3 Å². The summed E-state index contributed by atoms with van der Waals surface area (Å²) < 4.78 is 2.49. The predicted octanol–water partition coefficient (Wildman–Crippen LogP) is 3.32. The van der Waals surface area contributed by atoms with Gasteiger partial charge in [-0.15, -0.1) is 0 Å². The average Bonchev–Trinajstić information content (AvgIpc) is 2.38. The van der Waals surface area contributed by atoms with Gasteiger partial charge in [0.1, 0.15) is 6.54 Å². The van der Waals surface area contributed by atoms with Crippen molar-refractivity contribution in [3.05, 3.63) is 61.4 Å². The van der Waals surface area contributed by atoms with Crippen LogP contribution in [0.3, 0.4) is 0 Å². The molecule has 0 unspecified atom stereocenters. The van der Waals surface area contributed by atoms with Crippen molar-refractivity contribution in [2.75, 3.05) is 5.32 Å². The van der Waals surface area contributed by atoms with Crippen molar-refractivity contribution < 1.29 is 4.79 Å². The maximum atomic E-state index is 12.0. The highest BCUT2D eigenvalue weighted by atomic mass is 79.9. The van der Waals surface area contributed by atoms with Crippen molar-refractivity contribution in [2.45, 2.75) is 13.5 Å². The molecule has 1 aromatic heterocycles. The molecule has 0 fully saturated rings. The molecule has 0 spiro atoms. The van der Waals surface area contributed by atoms with E-state index >= 15 is 0 Å². The molecule has 2 aromatic rings. The first-order valence-corrected chi connectivity index (χ1v) is 7.47. The number of aromatic nitrogens is 1. The van der Waals surface area contributed by atoms with E-state index < -0.39 is 0 Å². The molecular formula is C14H12Br2N2O2. The van der Waals surface area contributed by atoms with Crippen LogP contribution in [0.5, 0.6) is 0 Å². The standard InChI is InChI=1S/C14H12Br2N2O2/c1-9-4-2-3-5-12(9)17-13(19)8-18-7-10(15)6-11(16)14(18)20/h2-7H,8H2,1H3,(H,17,19). The first-order chi connectivity index (χ1) is 9.47. The quantitative estimate of drug-likeness (QED) is 0.860. The van der Waals surface area contributed by atoms with Gasteiger partial charge in [-0.3, -0.25) is 9.59 Å². The Bertz CT molecular complexity index is 711. The number of hydrogen-bond acceptors (Lipinski definition) is 2. The minimum absolute atomic E-state index is 0.0365. The molecule has 6 heteroatoms. The fourth-order valence-corrected chi connectivity index (χ4v) is 3.00. The highest BCUT2D eigenvalue weighted by molar-refractivity contribution is 9.11. The zero-order valence-electron chi connectivity index (χ0n) is 10.7. The van der Waals surface area contributed by atoms with E-state index in [2.05, 4.69) is 37.2 Å². The number of benzene rings is 1. The Kier molecular flexibility index (Phi) is 4.77. The fraction of sp³-hybridized carbons (Fsp3) is 0.143. The van der Waals surface area contributed by atoms with Crippen LogP contribution in [-0.4, -0.2) is 10.5 Å². The van der Waals surface area contributed by atoms with E-state index in [9.17, 15) is 9.59 Å². The van der Waals surface area contributed by atoms with Crippen LogP contribution in [0, 0.1) is 6.92 Å². The van der Waals surface area contributed by atoms with Gasteiger partial charge in [0.25, 0.3) is 5.56 Å². The summed E-state index contributed by atoms with van der Waals surface area (Å²) >= 11 is 6.46. The molecule has 0 aliphatic rings. The molecule has 1 N–H and O–H groups in total. The lowest BCUT2D eigenvalue weighted by Crippen LogP contribution is -2.27. The third kappa shape index (κ3) is 3.58. The Hall–Kier alpha value is -1.40. The van der Waals surface area contributed by atoms with Crippen LogP contribution < -0.4 is 10.9 Å². The van der Waals surface area contributed by atoms with Crippen molar-refractivity contribution in [1.82, 2.24) is 4.57 Å². The van der Waals surface area contributed by atoms with E-state index in [-0.39, 0.29) is 18.0 Å². The first-order valence-electron chi connectivity index (χ1n) is 5.88. The topological polar surface area (TPSA) is 51.1 Å². The number of pyridine rings is 1. The summed E-state index contributed by atoms with van der Waals surface area (Å²) in [5.74, 6) is -0.244. The van der Waals surface area contributed by atoms with Gasteiger partial charge in [-0.05, 0) is 56.5 Å². The fourth-order valence-electron chi connectivity index (χ4n) is 1.74. The first kappa shape index (κ1) is 15.0. The highest BCUT2D eigenvalue weighted by Gasteiger charge is 2.09. The summed E-state index contributed by atoms with van der Waals surface area (Å²) in [5.41, 5.74) is 1.48. The summed E-state index contributed by atoms with van der Waals surface area (Å²) in [6.07, 6.45) is 1.59. The Labute approximate surface area is 133 Å². The maximum Gasteiger partial charge on any atom is 0.265 e. The van der Waals surface area contributed by atoms with E-state index in [0.29, 0.717) is 4.47 Å². The number of nitrogens with zero attached hydrogens (tertiary/aromatic N) is 1. The Balaban J connectivity index is 2.17. The lowest BCUT2D eigenvalue weighted by atomic mass is 10.2. The molecule has 4 nitrogen and oxygen atoms in total. The van der Waals surface area contributed by atoms with Crippen LogP contribution in [0.2, 0.25) is 0 Å². The summed E-state index contributed by atoms with van der Waals surface area (Å²) in [4.78, 5) is 23.9. The molecule has 0 bridgehead atoms. The minimum Gasteiger partial charge on any atom is -0.324 e. The van der Waals surface area contributed by atoms with Gasteiger partial charge in [0.05, 0.1) is 4.47 Å². The van der Waals surface area contributed by atoms with Crippen molar-refractivity contribution in [1.29, 1.82) is 0 Å². The molecule has 0 saturated heterocycles. The van der Waals surface area contributed by atoms with Gasteiger partial charge in [-0.1, -0.05) is 18.2 Å². The molecule has 0 aliphatic heterocycles. The number of halogens is 2. The van der Waals surface area contributed by atoms with Gasteiger partial charge in [0.2, 0.25) is 5.91 Å². The second-order valence-corrected chi connectivity index (χ2v) is 6.07. The number of nitrogens with one attached hydrogen (secondary N) is 1. The zero-order chi connectivity index (χ0) is 14.7. The molecule has 0 aliphatic carbocycles. The number of aryl methyl sites for hydroxylation is 1. The normalized spacial score (nSPS) is 10.3. The van der Waals surface area contributed by atoms with Gasteiger partial charge < -0.3 is 9.88 Å². The minimum atomic E-state index is -0.244. The zero-order valence-corrected chi connectivity index (χ0v) is 13.9. The molecule has 0 saturated carbocycles. The summed E-state index contributed by atoms with van der Waals surface area (Å²) in [6.45, 7) is 1.88. The van der Waals surface area contributed by atoms with Gasteiger partial charge >= 0.3 is 0 Å². The van der Waals surface area contributed by atoms with Crippen LogP contribution in [0.1, 0.15) is 5.56 Å². The Morgan fingerprint density at radius 2 is 2.00 bits per heavy atom. The molecule has 2 rings (SSSR count). The van der Waals surface area contributed by atoms with Gasteiger partial charge in [0.15, 0.2) is 0 Å². The second kappa shape index (κ2) is 6.37. The number of anilines is 1. The molecular weight excluding hydrogens is 388 g/mol. The summed E-state index contributed by atoms with van der Waals surface area (Å²) in [7, 11) is 0. The number of rotatable bonds is 3. The van der Waals surface area contributed by atoms with E-state index in [1.807, 2.05) is 31.2 Å². The number of carbonyl (C=O) groups is 1. The van der Waals surface area contributed by atoms with Gasteiger partial charge in [-0.25, -0.2) is 0 Å². The third-order valence-corrected chi connectivity index (χ3v) is 3.74. The molecule has 1 aromatic carbocycles. The molecule has 0 atom stereocenters. The van der Waals surface area contributed by atoms with Crippen molar-refractivity contribution in [2.24, 2.45) is 0 Å². The molecule has 104 valence electrons. The van der Waals surface area contributed by atoms with Crippen molar-refractivity contribution in [3.8, 4) is 0 Å². The highest BCUT2D eigenvalue weighted by Crippen LogP contribution is 2.14. The Morgan fingerprint density at radius 1 is 1.30 bits per heavy atom. The SMILES string of the molecule is Cc1ccccc1NC(=O)Cn1cc(Br)cc(Br)c1=O. The number of amides is 1. The molecule has 1 amide bonds. The van der Waals surface area contributed by atoms with Crippen LogP contribution in [0.4, 0.5) is 5.69 Å². The third-order valence-electron chi connectivity index (χ3n) is 2.74. The van der Waals surface area contributed by atoms with Crippen molar-refractivity contribution in [3.63, 3.8) is 0 Å². The predicted molar refractivity (Wildman–Crippen MR) is 85.9 cm³/mol.